The first-order valence-electron chi connectivity index (χ1n) is 5.59. The second-order valence-corrected chi connectivity index (χ2v) is 4.17. The van der Waals surface area contributed by atoms with E-state index in [1.54, 1.807) is 0 Å². The first-order chi connectivity index (χ1) is 6.90. The molecule has 1 heterocycles. The van der Waals surface area contributed by atoms with Crippen molar-refractivity contribution in [3.8, 4) is 0 Å². The summed E-state index contributed by atoms with van der Waals surface area (Å²) in [6.45, 7) is 2.24. The molecule has 0 aromatic rings. The Bertz CT molecular complexity index is 197. The molecule has 1 N–H and O–H groups in total. The van der Waals surface area contributed by atoms with Crippen LogP contribution in [0.1, 0.15) is 25.7 Å². The zero-order chi connectivity index (χ0) is 9.80. The van der Waals surface area contributed by atoms with Crippen molar-refractivity contribution in [2.75, 3.05) is 20.2 Å². The summed E-state index contributed by atoms with van der Waals surface area (Å²) in [6, 6.07) is 0.750. The Balaban J connectivity index is 1.82. The van der Waals surface area contributed by atoms with Gasteiger partial charge in [-0.3, -0.25) is 0 Å². The lowest BCUT2D eigenvalue weighted by atomic mass is 9.92. The van der Waals surface area contributed by atoms with Gasteiger partial charge in [0.15, 0.2) is 0 Å². The van der Waals surface area contributed by atoms with Gasteiger partial charge in [-0.2, -0.15) is 0 Å². The highest BCUT2D eigenvalue weighted by atomic mass is 16.5. The van der Waals surface area contributed by atoms with Crippen LogP contribution in [0.2, 0.25) is 0 Å². The third-order valence-electron chi connectivity index (χ3n) is 3.34. The lowest BCUT2D eigenvalue weighted by Gasteiger charge is -2.37. The van der Waals surface area contributed by atoms with Crippen molar-refractivity contribution < 1.29 is 4.74 Å². The third-order valence-corrected chi connectivity index (χ3v) is 3.34. The van der Waals surface area contributed by atoms with E-state index in [1.165, 1.54) is 25.7 Å². The minimum absolute atomic E-state index is 0.512. The average molecular weight is 196 g/mol. The van der Waals surface area contributed by atoms with E-state index >= 15 is 0 Å². The van der Waals surface area contributed by atoms with E-state index < -0.39 is 0 Å². The van der Waals surface area contributed by atoms with Crippen molar-refractivity contribution in [2.24, 2.45) is 0 Å². The summed E-state index contributed by atoms with van der Waals surface area (Å²) in [5, 5.41) is 3.23. The Hall–Kier alpha value is -0.700. The molecule has 1 fully saturated rings. The fraction of sp³-hybridized carbons (Fsp3) is 0.818. The second-order valence-electron chi connectivity index (χ2n) is 4.17. The molecule has 0 aromatic carbocycles. The van der Waals surface area contributed by atoms with E-state index in [1.807, 2.05) is 7.11 Å². The van der Waals surface area contributed by atoms with E-state index in [9.17, 15) is 0 Å². The van der Waals surface area contributed by atoms with Gasteiger partial charge in [0.2, 0.25) is 0 Å². The smallest absolute Gasteiger partial charge is 0.0572 e. The minimum Gasteiger partial charge on any atom is -0.388 e. The second kappa shape index (κ2) is 4.69. The van der Waals surface area contributed by atoms with Crippen LogP contribution in [-0.2, 0) is 4.74 Å². The molecule has 2 rings (SSSR count). The van der Waals surface area contributed by atoms with Crippen molar-refractivity contribution in [1.29, 1.82) is 0 Å². The van der Waals surface area contributed by atoms with Crippen molar-refractivity contribution in [2.45, 2.75) is 37.8 Å². The molecule has 1 aliphatic carbocycles. The monoisotopic (exact) mass is 196 g/mol. The fourth-order valence-corrected chi connectivity index (χ4v) is 2.42. The van der Waals surface area contributed by atoms with E-state index in [0.717, 1.165) is 19.1 Å². The molecule has 0 radical (unpaired) electrons. The molecule has 80 valence electrons. The largest absolute Gasteiger partial charge is 0.388 e. The van der Waals surface area contributed by atoms with Crippen LogP contribution in [-0.4, -0.2) is 37.2 Å². The highest BCUT2D eigenvalue weighted by Crippen LogP contribution is 2.25. The van der Waals surface area contributed by atoms with Gasteiger partial charge in [0.05, 0.1) is 6.10 Å². The lowest BCUT2D eigenvalue weighted by Crippen LogP contribution is -2.41. The van der Waals surface area contributed by atoms with Crippen LogP contribution in [0.4, 0.5) is 0 Å². The summed E-state index contributed by atoms with van der Waals surface area (Å²) in [5.74, 6) is 0. The lowest BCUT2D eigenvalue weighted by molar-refractivity contribution is 0.0474. The van der Waals surface area contributed by atoms with Crippen LogP contribution in [0, 0.1) is 0 Å². The molecule has 2 aliphatic rings. The van der Waals surface area contributed by atoms with Crippen molar-refractivity contribution >= 4 is 0 Å². The molecule has 0 spiro atoms. The number of nitrogens with one attached hydrogen (secondary N) is 1. The average Bonchev–Trinajstić information content (AvgIpc) is 2.30. The molecule has 0 aromatic heterocycles. The zero-order valence-corrected chi connectivity index (χ0v) is 8.91. The van der Waals surface area contributed by atoms with Crippen LogP contribution in [0.25, 0.3) is 0 Å². The van der Waals surface area contributed by atoms with Gasteiger partial charge in [-0.15, -0.1) is 0 Å². The van der Waals surface area contributed by atoms with Gasteiger partial charge < -0.3 is 15.0 Å². The predicted octanol–water partition coefficient (Wildman–Crippen LogP) is 1.32. The van der Waals surface area contributed by atoms with Crippen LogP contribution in [0.15, 0.2) is 12.4 Å². The maximum Gasteiger partial charge on any atom is 0.0572 e. The molecular formula is C11H20N2O. The van der Waals surface area contributed by atoms with Crippen molar-refractivity contribution in [3.05, 3.63) is 12.4 Å². The maximum absolute atomic E-state index is 5.38. The molecule has 0 atom stereocenters. The van der Waals surface area contributed by atoms with E-state index in [4.69, 9.17) is 4.74 Å². The maximum atomic E-state index is 5.38. The van der Waals surface area contributed by atoms with Gasteiger partial charge in [0, 0.05) is 38.6 Å². The molecule has 0 amide bonds. The predicted molar refractivity (Wildman–Crippen MR) is 56.9 cm³/mol. The molecule has 0 saturated heterocycles. The molecule has 0 bridgehead atoms. The summed E-state index contributed by atoms with van der Waals surface area (Å²) in [6.07, 6.45) is 9.77. The third kappa shape index (κ3) is 2.21. The number of rotatable bonds is 2. The van der Waals surface area contributed by atoms with Crippen molar-refractivity contribution in [1.82, 2.24) is 10.2 Å². The number of nitrogens with zero attached hydrogens (tertiary/aromatic N) is 1. The Morgan fingerprint density at radius 3 is 2.64 bits per heavy atom. The Labute approximate surface area is 86.1 Å². The zero-order valence-electron chi connectivity index (χ0n) is 8.91. The normalized spacial score (nSPS) is 32.8. The summed E-state index contributed by atoms with van der Waals surface area (Å²) in [7, 11) is 1.83. The van der Waals surface area contributed by atoms with E-state index in [-0.39, 0.29) is 0 Å². The van der Waals surface area contributed by atoms with E-state index in [0.29, 0.717) is 6.10 Å². The Morgan fingerprint density at radius 2 is 2.07 bits per heavy atom. The van der Waals surface area contributed by atoms with Gasteiger partial charge in [0.25, 0.3) is 0 Å². The van der Waals surface area contributed by atoms with Crippen LogP contribution in [0.3, 0.4) is 0 Å². The van der Waals surface area contributed by atoms with Crippen LogP contribution in [0.5, 0.6) is 0 Å². The molecule has 3 heteroatoms. The van der Waals surface area contributed by atoms with Gasteiger partial charge >= 0.3 is 0 Å². The van der Waals surface area contributed by atoms with Gasteiger partial charge in [-0.05, 0) is 25.7 Å². The number of ether oxygens (including phenoxy) is 1. The molecule has 1 aliphatic heterocycles. The highest BCUT2D eigenvalue weighted by molar-refractivity contribution is 4.92. The fourth-order valence-electron chi connectivity index (χ4n) is 2.42. The number of methoxy groups -OCH3 is 1. The SMILES string of the molecule is COC1CCC(N2C=CNCC2)CC1. The van der Waals surface area contributed by atoms with Gasteiger partial charge in [-0.1, -0.05) is 0 Å². The summed E-state index contributed by atoms with van der Waals surface area (Å²) in [4.78, 5) is 2.47. The first kappa shape index (κ1) is 9.84. The van der Waals surface area contributed by atoms with Gasteiger partial charge in [-0.25, -0.2) is 0 Å². The quantitative estimate of drug-likeness (QED) is 0.721. The summed E-state index contributed by atoms with van der Waals surface area (Å²) in [5.41, 5.74) is 0. The summed E-state index contributed by atoms with van der Waals surface area (Å²) >= 11 is 0. The Kier molecular flexibility index (Phi) is 3.30. The van der Waals surface area contributed by atoms with Gasteiger partial charge in [0.1, 0.15) is 0 Å². The topological polar surface area (TPSA) is 24.5 Å². The van der Waals surface area contributed by atoms with Crippen molar-refractivity contribution in [3.63, 3.8) is 0 Å². The molecule has 14 heavy (non-hydrogen) atoms. The first-order valence-corrected chi connectivity index (χ1v) is 5.59. The molecular weight excluding hydrogens is 176 g/mol. The number of hydrogen-bond donors (Lipinski definition) is 1. The van der Waals surface area contributed by atoms with Crippen LogP contribution < -0.4 is 5.32 Å². The highest BCUT2D eigenvalue weighted by Gasteiger charge is 2.24. The molecule has 0 unspecified atom stereocenters. The molecule has 1 saturated carbocycles. The summed E-state index contributed by atoms with van der Waals surface area (Å²) < 4.78 is 5.38. The number of hydrogen-bond acceptors (Lipinski definition) is 3. The Morgan fingerprint density at radius 1 is 1.29 bits per heavy atom. The molecule has 3 nitrogen and oxygen atoms in total. The van der Waals surface area contributed by atoms with E-state index in [2.05, 4.69) is 22.6 Å². The van der Waals surface area contributed by atoms with Crippen LogP contribution >= 0.6 is 0 Å². The minimum atomic E-state index is 0.512. The standard InChI is InChI=1S/C11H20N2O/c1-14-11-4-2-10(3-5-11)13-8-6-12-7-9-13/h6,8,10-12H,2-5,7,9H2,1H3.